The van der Waals surface area contributed by atoms with E-state index in [1.807, 2.05) is 0 Å². The van der Waals surface area contributed by atoms with E-state index >= 15 is 0 Å². The lowest BCUT2D eigenvalue weighted by molar-refractivity contribution is -0.127. The van der Waals surface area contributed by atoms with E-state index in [2.05, 4.69) is 14.9 Å². The van der Waals surface area contributed by atoms with E-state index < -0.39 is 6.61 Å². The molecular weight excluding hydrogens is 456 g/mol. The minimum Gasteiger partial charge on any atom is -0.493 e. The van der Waals surface area contributed by atoms with Crippen molar-refractivity contribution in [2.75, 3.05) is 32.9 Å². The van der Waals surface area contributed by atoms with E-state index in [9.17, 15) is 13.6 Å². The highest BCUT2D eigenvalue weighted by molar-refractivity contribution is 7.99. The summed E-state index contributed by atoms with van der Waals surface area (Å²) in [6, 6.07) is 11.4. The van der Waals surface area contributed by atoms with Gasteiger partial charge in [0.2, 0.25) is 11.1 Å². The van der Waals surface area contributed by atoms with Crippen LogP contribution < -0.4 is 20.1 Å². The molecule has 1 aromatic heterocycles. The zero-order valence-corrected chi connectivity index (χ0v) is 19.0. The van der Waals surface area contributed by atoms with Gasteiger partial charge in [-0.15, -0.1) is 10.2 Å². The van der Waals surface area contributed by atoms with Gasteiger partial charge in [-0.1, -0.05) is 23.9 Å². The van der Waals surface area contributed by atoms with Crippen molar-refractivity contribution in [1.29, 1.82) is 0 Å². The van der Waals surface area contributed by atoms with Crippen LogP contribution in [0.1, 0.15) is 5.56 Å². The van der Waals surface area contributed by atoms with Gasteiger partial charge in [-0.3, -0.25) is 4.79 Å². The van der Waals surface area contributed by atoms with Gasteiger partial charge in [0.15, 0.2) is 17.3 Å². The average Bonchev–Trinajstić information content (AvgIpc) is 3.17. The molecule has 0 aliphatic rings. The van der Waals surface area contributed by atoms with E-state index in [1.165, 1.54) is 28.8 Å². The number of nitrogens with two attached hydrogens (primary N) is 1. The molecule has 2 N–H and O–H groups in total. The molecule has 0 aliphatic heterocycles. The smallest absolute Gasteiger partial charge is 0.387 e. The fraction of sp³-hybridized carbons (Fsp3) is 0.286. The maximum atomic E-state index is 12.5. The van der Waals surface area contributed by atoms with Crippen LogP contribution in [-0.4, -0.2) is 59.3 Å². The number of halogens is 2. The van der Waals surface area contributed by atoms with Crippen LogP contribution in [-0.2, 0) is 11.3 Å². The van der Waals surface area contributed by atoms with Gasteiger partial charge in [0.25, 0.3) is 0 Å². The molecule has 0 aliphatic carbocycles. The number of hydrogen-bond acceptors (Lipinski definition) is 8. The van der Waals surface area contributed by atoms with Crippen LogP contribution in [0.15, 0.2) is 47.6 Å². The van der Waals surface area contributed by atoms with Gasteiger partial charge >= 0.3 is 6.61 Å². The highest BCUT2D eigenvalue weighted by atomic mass is 32.2. The first-order chi connectivity index (χ1) is 15.8. The summed E-state index contributed by atoms with van der Waals surface area (Å²) < 4.78 is 40.7. The second-order valence-corrected chi connectivity index (χ2v) is 7.75. The molecule has 33 heavy (non-hydrogen) atoms. The number of alkyl halides is 2. The van der Waals surface area contributed by atoms with Crippen LogP contribution in [0.25, 0.3) is 11.4 Å². The molecule has 0 fully saturated rings. The van der Waals surface area contributed by atoms with Crippen LogP contribution in [0.3, 0.4) is 0 Å². The zero-order valence-electron chi connectivity index (χ0n) is 18.2. The monoisotopic (exact) mass is 479 g/mol. The number of carbonyl (C=O) groups is 1. The van der Waals surface area contributed by atoms with Gasteiger partial charge in [0, 0.05) is 19.2 Å². The van der Waals surface area contributed by atoms with Crippen molar-refractivity contribution in [3.63, 3.8) is 0 Å². The molecule has 2 aromatic carbocycles. The third-order valence-corrected chi connectivity index (χ3v) is 5.55. The fourth-order valence-electron chi connectivity index (χ4n) is 2.92. The van der Waals surface area contributed by atoms with Gasteiger partial charge in [-0.05, 0) is 35.9 Å². The Kier molecular flexibility index (Phi) is 7.93. The summed E-state index contributed by atoms with van der Waals surface area (Å²) in [7, 11) is 4.72. The van der Waals surface area contributed by atoms with Crippen LogP contribution in [0.4, 0.5) is 8.78 Å². The standard InChI is InChI=1S/C21H23F2N5O4S/c1-27(11-13-4-7-15(8-5-13)32-20(22)23)18(29)12-33-21-26-25-19(28(21)24)14-6-9-16(30-2)17(10-14)31-3/h4-10,20H,11-12,24H2,1-3H3. The number of hydrogen-bond donors (Lipinski definition) is 1. The summed E-state index contributed by atoms with van der Waals surface area (Å²) in [5.41, 5.74) is 1.45. The topological polar surface area (TPSA) is 105 Å². The van der Waals surface area contributed by atoms with Crippen molar-refractivity contribution in [2.24, 2.45) is 0 Å². The van der Waals surface area contributed by atoms with Gasteiger partial charge in [-0.25, -0.2) is 4.68 Å². The van der Waals surface area contributed by atoms with E-state index in [-0.39, 0.29) is 17.4 Å². The Hall–Kier alpha value is -3.54. The molecule has 0 saturated heterocycles. The van der Waals surface area contributed by atoms with Crippen LogP contribution in [0.5, 0.6) is 17.2 Å². The predicted molar refractivity (Wildman–Crippen MR) is 119 cm³/mol. The van der Waals surface area contributed by atoms with E-state index in [1.54, 1.807) is 44.5 Å². The average molecular weight is 480 g/mol. The van der Waals surface area contributed by atoms with E-state index in [0.29, 0.717) is 34.6 Å². The molecule has 9 nitrogen and oxygen atoms in total. The fourth-order valence-corrected chi connectivity index (χ4v) is 3.72. The predicted octanol–water partition coefficient (Wildman–Crippen LogP) is 3.03. The lowest BCUT2D eigenvalue weighted by Crippen LogP contribution is -2.28. The third kappa shape index (κ3) is 6.04. The number of amides is 1. The molecule has 176 valence electrons. The molecule has 1 heterocycles. The molecule has 0 bridgehead atoms. The number of nitrogen functional groups attached to an aromatic ring is 1. The molecule has 0 radical (unpaired) electrons. The molecule has 0 unspecified atom stereocenters. The summed E-state index contributed by atoms with van der Waals surface area (Å²) in [5, 5.41) is 8.56. The Bertz CT molecular complexity index is 1090. The van der Waals surface area contributed by atoms with Crippen molar-refractivity contribution >= 4 is 17.7 Å². The number of thioether (sulfide) groups is 1. The lowest BCUT2D eigenvalue weighted by Gasteiger charge is -2.17. The van der Waals surface area contributed by atoms with Gasteiger partial charge in [0.1, 0.15) is 5.75 Å². The second-order valence-electron chi connectivity index (χ2n) is 6.81. The molecule has 0 saturated carbocycles. The Labute approximate surface area is 193 Å². The number of methoxy groups -OCH3 is 2. The largest absolute Gasteiger partial charge is 0.493 e. The highest BCUT2D eigenvalue weighted by Crippen LogP contribution is 2.32. The third-order valence-electron chi connectivity index (χ3n) is 4.63. The number of rotatable bonds is 10. The first-order valence-corrected chi connectivity index (χ1v) is 10.6. The summed E-state index contributed by atoms with van der Waals surface area (Å²) in [5.74, 6) is 7.63. The maximum Gasteiger partial charge on any atom is 0.387 e. The number of aromatic nitrogens is 3. The Balaban J connectivity index is 1.60. The second kappa shape index (κ2) is 10.9. The van der Waals surface area contributed by atoms with Crippen molar-refractivity contribution in [1.82, 2.24) is 19.8 Å². The first kappa shape index (κ1) is 24.1. The zero-order chi connectivity index (χ0) is 24.0. The summed E-state index contributed by atoms with van der Waals surface area (Å²) in [6.07, 6.45) is 0. The van der Waals surface area contributed by atoms with Crippen molar-refractivity contribution in [3.05, 3.63) is 48.0 Å². The van der Waals surface area contributed by atoms with Crippen LogP contribution >= 0.6 is 11.8 Å². The number of nitrogens with zero attached hydrogens (tertiary/aromatic N) is 4. The van der Waals surface area contributed by atoms with Gasteiger partial charge in [-0.2, -0.15) is 8.78 Å². The number of benzene rings is 2. The minimum atomic E-state index is -2.88. The summed E-state index contributed by atoms with van der Waals surface area (Å²) in [4.78, 5) is 14.0. The summed E-state index contributed by atoms with van der Waals surface area (Å²) in [6.45, 7) is -2.57. The van der Waals surface area contributed by atoms with Crippen molar-refractivity contribution in [2.45, 2.75) is 18.3 Å². The molecule has 3 rings (SSSR count). The molecule has 12 heteroatoms. The van der Waals surface area contributed by atoms with Crippen LogP contribution in [0.2, 0.25) is 0 Å². The Morgan fingerprint density at radius 2 is 1.82 bits per heavy atom. The SMILES string of the molecule is COc1ccc(-c2nnc(SCC(=O)N(C)Cc3ccc(OC(F)F)cc3)n2N)cc1OC. The summed E-state index contributed by atoms with van der Waals surface area (Å²) >= 11 is 1.15. The highest BCUT2D eigenvalue weighted by Gasteiger charge is 2.17. The molecule has 3 aromatic rings. The molecular formula is C21H23F2N5O4S. The van der Waals surface area contributed by atoms with E-state index in [4.69, 9.17) is 15.3 Å². The van der Waals surface area contributed by atoms with Gasteiger partial charge < -0.3 is 25.0 Å². The van der Waals surface area contributed by atoms with Crippen molar-refractivity contribution in [3.8, 4) is 28.6 Å². The molecule has 0 spiro atoms. The maximum absolute atomic E-state index is 12.5. The van der Waals surface area contributed by atoms with Gasteiger partial charge in [0.05, 0.1) is 20.0 Å². The quantitative estimate of drug-likeness (QED) is 0.350. The first-order valence-electron chi connectivity index (χ1n) is 9.65. The van der Waals surface area contributed by atoms with Crippen LogP contribution in [0, 0.1) is 0 Å². The normalized spacial score (nSPS) is 10.8. The number of ether oxygens (including phenoxy) is 3. The molecule has 1 amide bonds. The number of carbonyl (C=O) groups excluding carboxylic acids is 1. The van der Waals surface area contributed by atoms with Crippen molar-refractivity contribution < 1.29 is 27.8 Å². The lowest BCUT2D eigenvalue weighted by atomic mass is 10.2. The minimum absolute atomic E-state index is 0.0610. The van der Waals surface area contributed by atoms with E-state index in [0.717, 1.165) is 17.3 Å². The Morgan fingerprint density at radius 3 is 2.45 bits per heavy atom. The molecule has 0 atom stereocenters. The Morgan fingerprint density at radius 1 is 1.12 bits per heavy atom.